The number of hydrogen-bond acceptors (Lipinski definition) is 3. The molecule has 3 rings (SSSR count). The number of anilines is 1. The molecule has 1 atom stereocenters. The van der Waals surface area contributed by atoms with Crippen molar-refractivity contribution in [2.45, 2.75) is 25.3 Å². The van der Waals surface area contributed by atoms with Crippen molar-refractivity contribution in [3.05, 3.63) is 63.6 Å². The van der Waals surface area contributed by atoms with E-state index in [0.717, 1.165) is 19.3 Å². The lowest BCUT2D eigenvalue weighted by molar-refractivity contribution is -0.134. The van der Waals surface area contributed by atoms with Gasteiger partial charge in [-0.2, -0.15) is 0 Å². The van der Waals surface area contributed by atoms with Gasteiger partial charge in [0.15, 0.2) is 0 Å². The molecule has 0 saturated heterocycles. The van der Waals surface area contributed by atoms with Gasteiger partial charge < -0.3 is 10.2 Å². The monoisotopic (exact) mass is 433 g/mol. The fourth-order valence-electron chi connectivity index (χ4n) is 3.73. The summed E-state index contributed by atoms with van der Waals surface area (Å²) in [6.45, 7) is 0.172. The molecule has 0 aliphatic heterocycles. The van der Waals surface area contributed by atoms with Crippen LogP contribution in [-0.2, 0) is 16.0 Å². The van der Waals surface area contributed by atoms with Crippen molar-refractivity contribution in [2.24, 2.45) is 0 Å². The number of halogens is 2. The summed E-state index contributed by atoms with van der Waals surface area (Å²) < 4.78 is 0. The molecule has 0 saturated carbocycles. The number of aryl methyl sites for hydroxylation is 1. The van der Waals surface area contributed by atoms with Gasteiger partial charge in [0.2, 0.25) is 11.8 Å². The standard InChI is InChI=1S/C22H25Cl2N3O2/c1-26(19-12-5-8-15-7-3-4-9-16(15)19)14-21(29)27(2)13-20(28)25-22-17(23)10-6-11-18(22)24/h3-4,6-7,9-11,19H,5,8,12-14H2,1-2H3,(H,25,28). The third-order valence-corrected chi connectivity index (χ3v) is 5.92. The van der Waals surface area contributed by atoms with E-state index in [1.165, 1.54) is 16.0 Å². The third-order valence-electron chi connectivity index (χ3n) is 5.29. The quantitative estimate of drug-likeness (QED) is 0.734. The van der Waals surface area contributed by atoms with Crippen molar-refractivity contribution in [2.75, 3.05) is 32.5 Å². The van der Waals surface area contributed by atoms with Gasteiger partial charge in [-0.05, 0) is 49.6 Å². The third kappa shape index (κ3) is 5.30. The van der Waals surface area contributed by atoms with E-state index < -0.39 is 0 Å². The van der Waals surface area contributed by atoms with Crippen LogP contribution in [0.25, 0.3) is 0 Å². The van der Waals surface area contributed by atoms with E-state index >= 15 is 0 Å². The Morgan fingerprint density at radius 1 is 1.03 bits per heavy atom. The number of rotatable bonds is 6. The summed E-state index contributed by atoms with van der Waals surface area (Å²) in [4.78, 5) is 28.5. The highest BCUT2D eigenvalue weighted by Gasteiger charge is 2.26. The van der Waals surface area contributed by atoms with Gasteiger partial charge in [0.1, 0.15) is 0 Å². The maximum absolute atomic E-state index is 12.7. The number of carbonyl (C=O) groups is 2. The summed E-state index contributed by atoms with van der Waals surface area (Å²) in [6, 6.07) is 13.6. The van der Waals surface area contributed by atoms with Crippen molar-refractivity contribution in [1.29, 1.82) is 0 Å². The minimum Gasteiger partial charge on any atom is -0.335 e. The molecule has 1 unspecified atom stereocenters. The lowest BCUT2D eigenvalue weighted by Gasteiger charge is -2.33. The van der Waals surface area contributed by atoms with Crippen molar-refractivity contribution < 1.29 is 9.59 Å². The van der Waals surface area contributed by atoms with E-state index in [1.807, 2.05) is 13.1 Å². The molecule has 0 spiro atoms. The number of hydrogen-bond donors (Lipinski definition) is 1. The first-order valence-corrected chi connectivity index (χ1v) is 10.4. The van der Waals surface area contributed by atoms with Crippen LogP contribution in [0.2, 0.25) is 10.0 Å². The van der Waals surface area contributed by atoms with Crippen LogP contribution in [0.1, 0.15) is 30.0 Å². The molecule has 5 nitrogen and oxygen atoms in total. The molecular weight excluding hydrogens is 409 g/mol. The van der Waals surface area contributed by atoms with E-state index in [2.05, 4.69) is 28.4 Å². The van der Waals surface area contributed by atoms with E-state index in [1.54, 1.807) is 25.2 Å². The van der Waals surface area contributed by atoms with E-state index in [9.17, 15) is 9.59 Å². The number of benzene rings is 2. The maximum atomic E-state index is 12.7. The average molecular weight is 434 g/mol. The first kappa shape index (κ1) is 21.6. The fraction of sp³-hybridized carbons (Fsp3) is 0.364. The van der Waals surface area contributed by atoms with Crippen molar-refractivity contribution in [3.8, 4) is 0 Å². The van der Waals surface area contributed by atoms with Crippen LogP contribution in [0, 0.1) is 0 Å². The molecule has 1 N–H and O–H groups in total. The van der Waals surface area contributed by atoms with Gasteiger partial charge >= 0.3 is 0 Å². The molecule has 0 heterocycles. The number of amides is 2. The Labute approximate surface area is 181 Å². The molecule has 2 amide bonds. The van der Waals surface area contributed by atoms with E-state index in [0.29, 0.717) is 15.7 Å². The maximum Gasteiger partial charge on any atom is 0.244 e. The highest BCUT2D eigenvalue weighted by atomic mass is 35.5. The second kappa shape index (κ2) is 9.61. The Bertz CT molecular complexity index is 883. The van der Waals surface area contributed by atoms with Gasteiger partial charge in [-0.1, -0.05) is 53.5 Å². The molecule has 1 aliphatic carbocycles. The van der Waals surface area contributed by atoms with Crippen LogP contribution < -0.4 is 5.32 Å². The Balaban J connectivity index is 1.57. The summed E-state index contributed by atoms with van der Waals surface area (Å²) in [5.74, 6) is -0.461. The van der Waals surface area contributed by atoms with Crippen LogP contribution in [0.5, 0.6) is 0 Å². The molecule has 2 aromatic carbocycles. The molecule has 0 bridgehead atoms. The molecule has 0 radical (unpaired) electrons. The Hall–Kier alpha value is -2.08. The number of nitrogens with one attached hydrogen (secondary N) is 1. The molecular formula is C22H25Cl2N3O2. The van der Waals surface area contributed by atoms with Crippen LogP contribution in [0.15, 0.2) is 42.5 Å². The van der Waals surface area contributed by atoms with Gasteiger partial charge in [0.05, 0.1) is 28.8 Å². The normalized spacial score (nSPS) is 15.7. The Morgan fingerprint density at radius 3 is 2.45 bits per heavy atom. The van der Waals surface area contributed by atoms with Gasteiger partial charge in [-0.15, -0.1) is 0 Å². The molecule has 0 aromatic heterocycles. The van der Waals surface area contributed by atoms with Crippen molar-refractivity contribution in [1.82, 2.24) is 9.80 Å². The van der Waals surface area contributed by atoms with E-state index in [4.69, 9.17) is 23.2 Å². The Kier molecular flexibility index (Phi) is 7.17. The van der Waals surface area contributed by atoms with Crippen LogP contribution in [-0.4, -0.2) is 48.8 Å². The fourth-order valence-corrected chi connectivity index (χ4v) is 4.22. The number of likely N-dealkylation sites (N-methyl/N-ethyl adjacent to an activating group) is 2. The number of para-hydroxylation sites is 1. The smallest absolute Gasteiger partial charge is 0.244 e. The molecule has 29 heavy (non-hydrogen) atoms. The topological polar surface area (TPSA) is 52.7 Å². The molecule has 2 aromatic rings. The van der Waals surface area contributed by atoms with Crippen LogP contribution in [0.4, 0.5) is 5.69 Å². The number of fused-ring (bicyclic) bond motifs is 1. The highest BCUT2D eigenvalue weighted by molar-refractivity contribution is 6.39. The summed E-state index contributed by atoms with van der Waals surface area (Å²) in [5, 5.41) is 3.40. The van der Waals surface area contributed by atoms with Gasteiger partial charge in [-0.25, -0.2) is 0 Å². The number of nitrogens with zero attached hydrogens (tertiary/aromatic N) is 2. The summed E-state index contributed by atoms with van der Waals surface area (Å²) in [6.07, 6.45) is 3.21. The van der Waals surface area contributed by atoms with Crippen molar-refractivity contribution in [3.63, 3.8) is 0 Å². The SMILES string of the molecule is CN(CC(=O)Nc1c(Cl)cccc1Cl)C(=O)CN(C)C1CCCc2ccccc21. The van der Waals surface area contributed by atoms with Gasteiger partial charge in [0, 0.05) is 13.1 Å². The molecule has 1 aliphatic rings. The first-order valence-electron chi connectivity index (χ1n) is 9.62. The Morgan fingerprint density at radius 2 is 1.72 bits per heavy atom. The van der Waals surface area contributed by atoms with E-state index in [-0.39, 0.29) is 30.9 Å². The minimum atomic E-state index is -0.346. The molecule has 7 heteroatoms. The molecule has 154 valence electrons. The minimum absolute atomic E-state index is 0.0739. The second-order valence-electron chi connectivity index (χ2n) is 7.42. The van der Waals surface area contributed by atoms with Gasteiger partial charge in [0.25, 0.3) is 0 Å². The van der Waals surface area contributed by atoms with Gasteiger partial charge in [-0.3, -0.25) is 14.5 Å². The average Bonchev–Trinajstić information content (AvgIpc) is 2.70. The number of carbonyl (C=O) groups excluding carboxylic acids is 2. The predicted octanol–water partition coefficient (Wildman–Crippen LogP) is 4.40. The lowest BCUT2D eigenvalue weighted by atomic mass is 9.87. The zero-order chi connectivity index (χ0) is 21.0. The summed E-state index contributed by atoms with van der Waals surface area (Å²) in [7, 11) is 3.58. The lowest BCUT2D eigenvalue weighted by Crippen LogP contribution is -2.42. The summed E-state index contributed by atoms with van der Waals surface area (Å²) in [5.41, 5.74) is 3.01. The highest BCUT2D eigenvalue weighted by Crippen LogP contribution is 2.33. The van der Waals surface area contributed by atoms with Crippen LogP contribution >= 0.6 is 23.2 Å². The second-order valence-corrected chi connectivity index (χ2v) is 8.23. The van der Waals surface area contributed by atoms with Crippen molar-refractivity contribution >= 4 is 40.7 Å². The van der Waals surface area contributed by atoms with Crippen LogP contribution in [0.3, 0.4) is 0 Å². The molecule has 0 fully saturated rings. The first-order chi connectivity index (χ1) is 13.9. The predicted molar refractivity (Wildman–Crippen MR) is 117 cm³/mol. The zero-order valence-corrected chi connectivity index (χ0v) is 18.1. The summed E-state index contributed by atoms with van der Waals surface area (Å²) >= 11 is 12.2. The zero-order valence-electron chi connectivity index (χ0n) is 16.6. The largest absolute Gasteiger partial charge is 0.335 e.